The summed E-state index contributed by atoms with van der Waals surface area (Å²) in [5.41, 5.74) is 0. The zero-order chi connectivity index (χ0) is 40.7. The first-order chi connectivity index (χ1) is 26.5. The van der Waals surface area contributed by atoms with E-state index >= 15 is 0 Å². The molecule has 0 aromatic heterocycles. The Balaban J connectivity index is 4.47. The molecule has 0 aromatic carbocycles. The molecule has 318 valence electrons. The van der Waals surface area contributed by atoms with Gasteiger partial charge < -0.3 is 19.8 Å². The summed E-state index contributed by atoms with van der Waals surface area (Å²) >= 11 is 0. The number of quaternary nitrogens is 1. The molecule has 0 heterocycles. The van der Waals surface area contributed by atoms with Gasteiger partial charge in [0.1, 0.15) is 13.2 Å². The lowest BCUT2D eigenvalue weighted by Crippen LogP contribution is -2.46. The van der Waals surface area contributed by atoms with Gasteiger partial charge in [-0.05, 0) is 64.2 Å². The fourth-order valence-electron chi connectivity index (χ4n) is 5.75. The molecule has 9 heteroatoms. The van der Waals surface area contributed by atoms with Gasteiger partial charge in [-0.2, -0.15) is 0 Å². The molecule has 0 aliphatic carbocycles. The van der Waals surface area contributed by atoms with Gasteiger partial charge in [0, 0.05) is 6.42 Å². The number of hydrogen-bond acceptors (Lipinski definition) is 5. The maximum atomic E-state index is 12.9. The van der Waals surface area contributed by atoms with Crippen molar-refractivity contribution >= 4 is 13.7 Å². The molecule has 0 saturated carbocycles. The van der Waals surface area contributed by atoms with E-state index in [1.165, 1.54) is 57.8 Å². The van der Waals surface area contributed by atoms with Crippen molar-refractivity contribution < 1.29 is 32.9 Å². The Kier molecular flexibility index (Phi) is 36.1. The van der Waals surface area contributed by atoms with E-state index in [0.717, 1.165) is 70.6 Å². The molecule has 0 radical (unpaired) electrons. The number of rotatable bonds is 38. The lowest BCUT2D eigenvalue weighted by atomic mass is 10.0. The summed E-state index contributed by atoms with van der Waals surface area (Å²) in [5.74, 6) is -0.191. The largest absolute Gasteiger partial charge is 0.472 e. The number of hydrogen-bond donors (Lipinski definition) is 3. The number of carbonyl (C=O) groups is 1. The molecule has 3 N–H and O–H groups in total. The van der Waals surface area contributed by atoms with Gasteiger partial charge in [-0.3, -0.25) is 13.8 Å². The number of carbonyl (C=O) groups excluding carboxylic acids is 1. The van der Waals surface area contributed by atoms with E-state index < -0.39 is 20.0 Å². The summed E-state index contributed by atoms with van der Waals surface area (Å²) in [4.78, 5) is 23.1. The fourth-order valence-corrected chi connectivity index (χ4v) is 6.49. The molecule has 1 amide bonds. The third kappa shape index (κ3) is 40.0. The minimum atomic E-state index is -4.33. The topological polar surface area (TPSA) is 105 Å². The summed E-state index contributed by atoms with van der Waals surface area (Å²) in [6, 6.07) is -0.786. The van der Waals surface area contributed by atoms with Crippen LogP contribution < -0.4 is 5.32 Å². The standard InChI is InChI=1S/C46H83N2O6P/c1-6-8-10-12-14-16-18-20-21-22-23-24-25-26-27-28-30-32-34-36-38-40-46(50)47-44(43-54-55(51,52)53-42-41-48(3,4)5)45(49)39-37-35-33-31-29-19-17-15-13-11-9-7-2/h8,10,14,16,20-21,23-24,26-27,30,32,44-45,49H,6-7,9,11-13,15,17-19,22,25,28-29,31,33-43H2,1-5H3,(H-,47,50,51,52)/p+1/b10-8-,16-14-,21-20-,24-23-,27-26-,32-30-. The van der Waals surface area contributed by atoms with E-state index in [1.807, 2.05) is 21.1 Å². The Bertz CT molecular complexity index is 1120. The smallest absolute Gasteiger partial charge is 0.391 e. The average Bonchev–Trinajstić information content (AvgIpc) is 3.13. The third-order valence-electron chi connectivity index (χ3n) is 9.22. The van der Waals surface area contributed by atoms with Gasteiger partial charge >= 0.3 is 7.82 Å². The average molecular weight is 792 g/mol. The molecule has 0 aromatic rings. The molecule has 0 spiro atoms. The van der Waals surface area contributed by atoms with Crippen LogP contribution in [0.1, 0.15) is 162 Å². The summed E-state index contributed by atoms with van der Waals surface area (Å²) in [6.45, 7) is 4.71. The van der Waals surface area contributed by atoms with E-state index in [0.29, 0.717) is 30.3 Å². The first-order valence-corrected chi connectivity index (χ1v) is 23.3. The second-order valence-corrected chi connectivity index (χ2v) is 17.1. The predicted octanol–water partition coefficient (Wildman–Crippen LogP) is 12.0. The van der Waals surface area contributed by atoms with Gasteiger partial charge in [0.05, 0.1) is 39.9 Å². The van der Waals surface area contributed by atoms with Gasteiger partial charge in [-0.25, -0.2) is 4.57 Å². The van der Waals surface area contributed by atoms with E-state index in [9.17, 15) is 19.4 Å². The van der Waals surface area contributed by atoms with Gasteiger partial charge in [0.25, 0.3) is 0 Å². The highest BCUT2D eigenvalue weighted by molar-refractivity contribution is 7.47. The van der Waals surface area contributed by atoms with Crippen molar-refractivity contribution in [1.29, 1.82) is 0 Å². The molecular weight excluding hydrogens is 707 g/mol. The van der Waals surface area contributed by atoms with Crippen LogP contribution in [0, 0.1) is 0 Å². The lowest BCUT2D eigenvalue weighted by molar-refractivity contribution is -0.870. The molecule has 0 rings (SSSR count). The van der Waals surface area contributed by atoms with Crippen LogP contribution in [-0.4, -0.2) is 73.4 Å². The lowest BCUT2D eigenvalue weighted by Gasteiger charge is -2.26. The van der Waals surface area contributed by atoms with Crippen molar-refractivity contribution in [3.05, 3.63) is 72.9 Å². The fraction of sp³-hybridized carbons (Fsp3) is 0.717. The third-order valence-corrected chi connectivity index (χ3v) is 10.2. The molecule has 8 nitrogen and oxygen atoms in total. The van der Waals surface area contributed by atoms with Crippen LogP contribution in [0.3, 0.4) is 0 Å². The van der Waals surface area contributed by atoms with E-state index in [1.54, 1.807) is 0 Å². The summed E-state index contributed by atoms with van der Waals surface area (Å²) < 4.78 is 23.6. The minimum absolute atomic E-state index is 0.0620. The molecule has 0 bridgehead atoms. The van der Waals surface area contributed by atoms with Crippen molar-refractivity contribution in [2.75, 3.05) is 40.9 Å². The Morgan fingerprint density at radius 3 is 1.56 bits per heavy atom. The predicted molar refractivity (Wildman–Crippen MR) is 235 cm³/mol. The highest BCUT2D eigenvalue weighted by Gasteiger charge is 2.28. The van der Waals surface area contributed by atoms with Gasteiger partial charge in [-0.1, -0.05) is 164 Å². The van der Waals surface area contributed by atoms with Crippen molar-refractivity contribution in [1.82, 2.24) is 5.32 Å². The van der Waals surface area contributed by atoms with Gasteiger partial charge in [0.2, 0.25) is 5.91 Å². The highest BCUT2D eigenvalue weighted by Crippen LogP contribution is 2.43. The number of aliphatic hydroxyl groups excluding tert-OH is 1. The monoisotopic (exact) mass is 792 g/mol. The van der Waals surface area contributed by atoms with Crippen molar-refractivity contribution in [2.24, 2.45) is 0 Å². The van der Waals surface area contributed by atoms with Crippen molar-refractivity contribution in [3.8, 4) is 0 Å². The molecule has 55 heavy (non-hydrogen) atoms. The SMILES string of the molecule is CC/C=C\C/C=C\C/C=C\C/C=C\C/C=C\C/C=C\CCCCC(=O)NC(COP(=O)(O)OCC[N+](C)(C)C)C(O)CCCCCCCCCCCCCC. The Labute approximate surface area is 338 Å². The molecule has 0 aliphatic rings. The van der Waals surface area contributed by atoms with Gasteiger partial charge in [0.15, 0.2) is 0 Å². The zero-order valence-electron chi connectivity index (χ0n) is 35.9. The Morgan fingerprint density at radius 1 is 0.636 bits per heavy atom. The first kappa shape index (κ1) is 52.9. The van der Waals surface area contributed by atoms with E-state index in [4.69, 9.17) is 9.05 Å². The second kappa shape index (κ2) is 37.5. The van der Waals surface area contributed by atoms with Crippen LogP contribution in [0.25, 0.3) is 0 Å². The normalized spacial score (nSPS) is 15.1. The number of phosphoric ester groups is 1. The quantitative estimate of drug-likeness (QED) is 0.0249. The highest BCUT2D eigenvalue weighted by atomic mass is 31.2. The molecule has 3 atom stereocenters. The number of amides is 1. The van der Waals surface area contributed by atoms with Crippen LogP contribution >= 0.6 is 7.82 Å². The second-order valence-electron chi connectivity index (χ2n) is 15.7. The van der Waals surface area contributed by atoms with Crippen LogP contribution in [0.4, 0.5) is 0 Å². The molecule has 0 fully saturated rings. The molecule has 3 unspecified atom stereocenters. The van der Waals surface area contributed by atoms with Crippen LogP contribution in [0.5, 0.6) is 0 Å². The maximum absolute atomic E-state index is 12.9. The zero-order valence-corrected chi connectivity index (χ0v) is 36.8. The number of nitrogens with one attached hydrogen (secondary N) is 1. The first-order valence-electron chi connectivity index (χ1n) is 21.8. The van der Waals surface area contributed by atoms with Crippen LogP contribution in [-0.2, 0) is 18.4 Å². The number of aliphatic hydroxyl groups is 1. The van der Waals surface area contributed by atoms with Crippen molar-refractivity contribution in [3.63, 3.8) is 0 Å². The maximum Gasteiger partial charge on any atom is 0.472 e. The Morgan fingerprint density at radius 2 is 1.09 bits per heavy atom. The molecular formula is C46H84N2O6P+. The van der Waals surface area contributed by atoms with E-state index in [-0.39, 0.29) is 19.1 Å². The number of nitrogens with zero attached hydrogens (tertiary/aromatic N) is 1. The van der Waals surface area contributed by atoms with Crippen molar-refractivity contribution in [2.45, 2.75) is 174 Å². The van der Waals surface area contributed by atoms with E-state index in [2.05, 4.69) is 92.1 Å². The number of phosphoric acid groups is 1. The van der Waals surface area contributed by atoms with Crippen LogP contribution in [0.15, 0.2) is 72.9 Å². The number of allylic oxidation sites excluding steroid dienone is 12. The minimum Gasteiger partial charge on any atom is -0.391 e. The summed E-state index contributed by atoms with van der Waals surface area (Å²) in [6.07, 6.45) is 49.3. The van der Waals surface area contributed by atoms with Gasteiger partial charge in [-0.15, -0.1) is 0 Å². The molecule has 0 aliphatic heterocycles. The Hall–Kier alpha value is -2.06. The van der Waals surface area contributed by atoms with Crippen LogP contribution in [0.2, 0.25) is 0 Å². The number of likely N-dealkylation sites (N-methyl/N-ethyl adjacent to an activating group) is 1. The number of unbranched alkanes of at least 4 members (excludes halogenated alkanes) is 13. The summed E-state index contributed by atoms with van der Waals surface area (Å²) in [7, 11) is 1.57. The molecule has 0 saturated heterocycles. The summed E-state index contributed by atoms with van der Waals surface area (Å²) in [5, 5.41) is 13.9.